The Labute approximate surface area is 505 Å². The summed E-state index contributed by atoms with van der Waals surface area (Å²) < 4.78 is 16.3. The van der Waals surface area contributed by atoms with Crippen molar-refractivity contribution in [1.29, 1.82) is 0 Å². The lowest BCUT2D eigenvalue weighted by Gasteiger charge is -2.31. The molecule has 0 saturated heterocycles. The number of aryl methyl sites for hydroxylation is 1. The molecule has 434 valence electrons. The summed E-state index contributed by atoms with van der Waals surface area (Å²) >= 11 is 0. The fraction of sp³-hybridized carbons (Fsp3) is 0.329. The smallest absolute Gasteiger partial charge is 0.145 e. The highest BCUT2D eigenvalue weighted by Gasteiger charge is 2.34. The minimum Gasteiger partial charge on any atom is -0.457 e. The molecule has 0 radical (unpaired) electrons. The molecular formula is C79H86N4O2. The molecule has 3 aromatic heterocycles. The van der Waals surface area contributed by atoms with Gasteiger partial charge in [-0.25, -0.2) is 4.98 Å². The Morgan fingerprint density at radius 1 is 0.435 bits per heavy atom. The predicted molar refractivity (Wildman–Crippen MR) is 362 cm³/mol. The zero-order valence-electron chi connectivity index (χ0n) is 53.9. The Hall–Kier alpha value is -8.09. The molecule has 6 nitrogen and oxygen atoms in total. The van der Waals surface area contributed by atoms with E-state index >= 15 is 0 Å². The van der Waals surface area contributed by atoms with Crippen molar-refractivity contribution in [2.45, 2.75) is 164 Å². The van der Waals surface area contributed by atoms with Gasteiger partial charge in [-0.2, -0.15) is 0 Å². The molecule has 0 saturated carbocycles. The van der Waals surface area contributed by atoms with E-state index in [9.17, 15) is 0 Å². The number of hydrogen-bond donors (Lipinski definition) is 0. The van der Waals surface area contributed by atoms with E-state index in [1.807, 2.05) is 12.3 Å². The van der Waals surface area contributed by atoms with Gasteiger partial charge in [0.1, 0.15) is 35.2 Å². The van der Waals surface area contributed by atoms with Crippen molar-refractivity contribution in [1.82, 2.24) is 9.55 Å². The summed E-state index contributed by atoms with van der Waals surface area (Å²) in [5, 5.41) is 4.33. The molecule has 0 spiro atoms. The van der Waals surface area contributed by atoms with Crippen molar-refractivity contribution in [3.63, 3.8) is 0 Å². The van der Waals surface area contributed by atoms with Crippen LogP contribution in [0.4, 0.5) is 22.7 Å². The number of hydrogen-bond acceptors (Lipinski definition) is 5. The van der Waals surface area contributed by atoms with Crippen LogP contribution in [0.2, 0.25) is 0 Å². The van der Waals surface area contributed by atoms with Gasteiger partial charge in [-0.3, -0.25) is 4.57 Å². The minimum atomic E-state index is -0.200. The monoisotopic (exact) mass is 1120 g/mol. The highest BCUT2D eigenvalue weighted by atomic mass is 16.5. The molecule has 8 aromatic carbocycles. The summed E-state index contributed by atoms with van der Waals surface area (Å²) in [6.07, 6.45) is 2.02. The second kappa shape index (κ2) is 20.0. The minimum absolute atomic E-state index is 0.0633. The zero-order valence-corrected chi connectivity index (χ0v) is 53.9. The molecule has 85 heavy (non-hydrogen) atoms. The zero-order chi connectivity index (χ0) is 60.7. The van der Waals surface area contributed by atoms with Crippen molar-refractivity contribution in [2.75, 3.05) is 16.5 Å². The third kappa shape index (κ3) is 10.5. The summed E-state index contributed by atoms with van der Waals surface area (Å²) in [4.78, 5) is 10.2. The number of fused-ring (bicyclic) bond motifs is 8. The van der Waals surface area contributed by atoms with Crippen LogP contribution in [0.3, 0.4) is 0 Å². The summed E-state index contributed by atoms with van der Waals surface area (Å²) in [6.45, 7) is 44.5. The summed E-state index contributed by atoms with van der Waals surface area (Å²) in [7, 11) is 0. The molecule has 12 rings (SSSR count). The lowest BCUT2D eigenvalue weighted by atomic mass is 9.77. The number of pyridine rings is 1. The van der Waals surface area contributed by atoms with Crippen LogP contribution in [0.25, 0.3) is 71.8 Å². The largest absolute Gasteiger partial charge is 0.457 e. The van der Waals surface area contributed by atoms with E-state index in [-0.39, 0.29) is 32.5 Å². The van der Waals surface area contributed by atoms with Gasteiger partial charge in [0, 0.05) is 51.3 Å². The Balaban J connectivity index is 1.03. The van der Waals surface area contributed by atoms with Crippen LogP contribution < -0.4 is 14.5 Å². The van der Waals surface area contributed by atoms with E-state index in [0.717, 1.165) is 78.1 Å². The second-order valence-corrected chi connectivity index (χ2v) is 30.4. The van der Waals surface area contributed by atoms with Crippen molar-refractivity contribution in [2.24, 2.45) is 0 Å². The van der Waals surface area contributed by atoms with E-state index in [1.54, 1.807) is 0 Å². The van der Waals surface area contributed by atoms with E-state index in [2.05, 4.69) is 298 Å². The Kier molecular flexibility index (Phi) is 13.5. The van der Waals surface area contributed by atoms with E-state index in [0.29, 0.717) is 6.67 Å². The number of furan rings is 1. The van der Waals surface area contributed by atoms with E-state index < -0.39 is 0 Å². The first-order valence-corrected chi connectivity index (χ1v) is 30.6. The van der Waals surface area contributed by atoms with Gasteiger partial charge in [0.05, 0.1) is 33.5 Å². The van der Waals surface area contributed by atoms with Gasteiger partial charge in [0.25, 0.3) is 0 Å². The molecule has 0 fully saturated rings. The highest BCUT2D eigenvalue weighted by molar-refractivity contribution is 6.24. The molecule has 4 heterocycles. The van der Waals surface area contributed by atoms with Gasteiger partial charge >= 0.3 is 0 Å². The Morgan fingerprint density at radius 2 is 0.965 bits per heavy atom. The lowest BCUT2D eigenvalue weighted by Crippen LogP contribution is -2.25. The van der Waals surface area contributed by atoms with Crippen LogP contribution in [-0.4, -0.2) is 16.2 Å². The maximum Gasteiger partial charge on any atom is 0.145 e. The maximum absolute atomic E-state index is 7.25. The predicted octanol–water partition coefficient (Wildman–Crippen LogP) is 22.5. The number of rotatable bonds is 7. The van der Waals surface area contributed by atoms with Crippen LogP contribution >= 0.6 is 0 Å². The van der Waals surface area contributed by atoms with Crippen molar-refractivity contribution < 1.29 is 9.15 Å². The Bertz CT molecular complexity index is 4290. The van der Waals surface area contributed by atoms with Gasteiger partial charge in [-0.1, -0.05) is 210 Å². The third-order valence-corrected chi connectivity index (χ3v) is 17.7. The summed E-state index contributed by atoms with van der Waals surface area (Å²) in [5.41, 5.74) is 21.6. The topological polar surface area (TPSA) is 46.7 Å². The molecular weight excluding hydrogens is 1040 g/mol. The van der Waals surface area contributed by atoms with Crippen molar-refractivity contribution >= 4 is 66.5 Å². The van der Waals surface area contributed by atoms with Crippen LogP contribution in [0.15, 0.2) is 168 Å². The quantitative estimate of drug-likeness (QED) is 0.159. The molecule has 0 N–H and O–H groups in total. The Morgan fingerprint density at radius 3 is 1.53 bits per heavy atom. The fourth-order valence-corrected chi connectivity index (χ4v) is 12.6. The third-order valence-electron chi connectivity index (χ3n) is 17.7. The number of ether oxygens (including phenoxy) is 1. The first kappa shape index (κ1) is 57.3. The number of para-hydroxylation sites is 4. The van der Waals surface area contributed by atoms with Gasteiger partial charge in [-0.15, -0.1) is 0 Å². The molecule has 1 aliphatic rings. The molecule has 0 unspecified atom stereocenters. The molecule has 11 aromatic rings. The van der Waals surface area contributed by atoms with Gasteiger partial charge in [-0.05, 0) is 150 Å². The molecule has 6 heteroatoms. The molecule has 0 atom stereocenters. The van der Waals surface area contributed by atoms with E-state index in [4.69, 9.17) is 14.1 Å². The highest BCUT2D eigenvalue weighted by Crippen LogP contribution is 2.53. The summed E-state index contributed by atoms with van der Waals surface area (Å²) in [5.74, 6) is 2.36. The average Bonchev–Trinajstić information content (AvgIpc) is 1.64. The normalized spacial score (nSPS) is 13.7. The first-order chi connectivity index (χ1) is 39.8. The van der Waals surface area contributed by atoms with Crippen molar-refractivity contribution in [3.8, 4) is 39.6 Å². The lowest BCUT2D eigenvalue weighted by molar-refractivity contribution is 0.479. The number of nitrogens with zero attached hydrogens (tertiary/aromatic N) is 4. The van der Waals surface area contributed by atoms with Crippen LogP contribution in [0.5, 0.6) is 11.5 Å². The standard InChI is InChI=1S/C79H86N4O2/c1-48-46-80-70(45-64(48)79(17,18)19)83-67-34-33-62-61-25-20-23-30-69(61)85-73(62)71(67)63-32-31-57(44-68(63)83)84-58-42-55(78(14,15)16)41-56(43-58)81-47-82(66-29-22-21-28-65(66)81)72-59(49-35-51(74(2,3)4)39-52(36-49)75(5,6)7)26-24-27-60(72)50-37-53(76(8,9)10)40-54(38-50)77(11,12)13/h20-46H,47H2,1-19H3. The summed E-state index contributed by atoms with van der Waals surface area (Å²) in [6, 6.07) is 59.0. The molecule has 0 aliphatic carbocycles. The van der Waals surface area contributed by atoms with Crippen LogP contribution in [0, 0.1) is 6.92 Å². The van der Waals surface area contributed by atoms with Crippen LogP contribution in [-0.2, 0) is 32.5 Å². The van der Waals surface area contributed by atoms with E-state index in [1.165, 1.54) is 66.9 Å². The van der Waals surface area contributed by atoms with Gasteiger partial charge in [0.15, 0.2) is 0 Å². The SMILES string of the molecule is Cc1cnc(-n2c3cc(Oc4cc(N5CN(c6c(-c7cc(C(C)(C)C)cc(C(C)(C)C)c7)cccc6-c6cc(C(C)(C)C)cc(C(C)(C)C)c6)c6ccccc65)cc(C(C)(C)C)c4)ccc3c3c4oc5ccccc5c4ccc32)cc1C(C)(C)C. The second-order valence-electron chi connectivity index (χ2n) is 30.4. The average molecular weight is 1120 g/mol. The fourth-order valence-electron chi connectivity index (χ4n) is 12.6. The molecule has 1 aliphatic heterocycles. The van der Waals surface area contributed by atoms with Gasteiger partial charge < -0.3 is 19.0 Å². The number of benzene rings is 8. The molecule has 0 amide bonds. The number of aromatic nitrogens is 2. The van der Waals surface area contributed by atoms with Crippen molar-refractivity contribution in [3.05, 3.63) is 203 Å². The number of anilines is 4. The van der Waals surface area contributed by atoms with Crippen LogP contribution in [0.1, 0.15) is 164 Å². The molecule has 0 bridgehead atoms. The first-order valence-electron chi connectivity index (χ1n) is 30.6. The van der Waals surface area contributed by atoms with Gasteiger partial charge in [0.2, 0.25) is 0 Å². The maximum atomic E-state index is 7.25.